The molecule has 29 heavy (non-hydrogen) atoms. The lowest BCUT2D eigenvalue weighted by Gasteiger charge is -2.32. The number of aromatic nitrogens is 2. The maximum atomic E-state index is 12.9. The van der Waals surface area contributed by atoms with Crippen molar-refractivity contribution in [2.45, 2.75) is 13.3 Å². The van der Waals surface area contributed by atoms with Gasteiger partial charge in [0.2, 0.25) is 0 Å². The first kappa shape index (κ1) is 19.3. The second-order valence-corrected chi connectivity index (χ2v) is 7.43. The first-order valence-corrected chi connectivity index (χ1v) is 10.0. The van der Waals surface area contributed by atoms with Crippen LogP contribution in [-0.2, 0) is 0 Å². The Bertz CT molecular complexity index is 1060. The molecule has 7 heteroatoms. The summed E-state index contributed by atoms with van der Waals surface area (Å²) in [6.45, 7) is 5.85. The van der Waals surface area contributed by atoms with Crippen molar-refractivity contribution < 1.29 is 9.53 Å². The molecule has 1 aliphatic heterocycles. The second-order valence-electron chi connectivity index (χ2n) is 7.43. The molecule has 2 aromatic heterocycles. The van der Waals surface area contributed by atoms with Crippen molar-refractivity contribution in [3.05, 3.63) is 58.5 Å². The van der Waals surface area contributed by atoms with Crippen molar-refractivity contribution in [1.29, 1.82) is 0 Å². The number of carbonyl (C=O) groups is 1. The molecule has 152 valence electrons. The van der Waals surface area contributed by atoms with E-state index in [0.717, 1.165) is 36.3 Å². The number of nitrogens with zero attached hydrogens (tertiary/aromatic N) is 3. The molecule has 1 N–H and O–H groups in total. The zero-order chi connectivity index (χ0) is 20.4. The van der Waals surface area contributed by atoms with Crippen molar-refractivity contribution in [2.24, 2.45) is 0 Å². The van der Waals surface area contributed by atoms with Crippen molar-refractivity contribution >= 4 is 16.9 Å². The predicted octanol–water partition coefficient (Wildman–Crippen LogP) is 2.50. The van der Waals surface area contributed by atoms with Crippen LogP contribution in [-0.4, -0.2) is 65.1 Å². The van der Waals surface area contributed by atoms with E-state index < -0.39 is 0 Å². The average Bonchev–Trinajstić information content (AvgIpc) is 3.17. The van der Waals surface area contributed by atoms with Gasteiger partial charge in [-0.2, -0.15) is 0 Å². The number of ether oxygens (including phenoxy) is 1. The van der Waals surface area contributed by atoms with Crippen LogP contribution >= 0.6 is 0 Å². The molecule has 1 aliphatic rings. The predicted molar refractivity (Wildman–Crippen MR) is 113 cm³/mol. The minimum absolute atomic E-state index is 0.0309. The third-order valence-electron chi connectivity index (χ3n) is 5.26. The van der Waals surface area contributed by atoms with Gasteiger partial charge in [0.15, 0.2) is 0 Å². The molecule has 0 saturated carbocycles. The number of benzene rings is 1. The first-order chi connectivity index (χ1) is 14.1. The number of aromatic amines is 1. The number of amides is 1. The van der Waals surface area contributed by atoms with E-state index in [1.54, 1.807) is 10.6 Å². The average molecular weight is 394 g/mol. The standard InChI is InChI=1S/C22H26N4O3/c1-3-14-29-18-7-5-17(6-8-18)26-20(27)9-4-16-15-19(23-21(16)26)22(28)25-12-10-24(2)11-13-25/h4-9,15,23H,3,10-14H2,1-2H3. The molecule has 7 nitrogen and oxygen atoms in total. The topological polar surface area (TPSA) is 70.6 Å². The van der Waals surface area contributed by atoms with Gasteiger partial charge in [-0.1, -0.05) is 6.92 Å². The molecule has 0 bridgehead atoms. The number of piperazine rings is 1. The Kier molecular flexibility index (Phi) is 5.40. The van der Waals surface area contributed by atoms with Crippen LogP contribution in [0.2, 0.25) is 0 Å². The lowest BCUT2D eigenvalue weighted by Crippen LogP contribution is -2.47. The monoisotopic (exact) mass is 394 g/mol. The van der Waals surface area contributed by atoms with E-state index in [4.69, 9.17) is 4.74 Å². The minimum Gasteiger partial charge on any atom is -0.494 e. The van der Waals surface area contributed by atoms with Crippen LogP contribution in [0.4, 0.5) is 0 Å². The highest BCUT2D eigenvalue weighted by atomic mass is 16.5. The Morgan fingerprint density at radius 3 is 2.48 bits per heavy atom. The molecule has 1 fully saturated rings. The number of rotatable bonds is 5. The highest BCUT2D eigenvalue weighted by Crippen LogP contribution is 2.21. The molecular weight excluding hydrogens is 368 g/mol. The number of H-pyrrole nitrogens is 1. The lowest BCUT2D eigenvalue weighted by atomic mass is 10.2. The number of nitrogens with one attached hydrogen (secondary N) is 1. The Morgan fingerprint density at radius 1 is 1.07 bits per heavy atom. The highest BCUT2D eigenvalue weighted by Gasteiger charge is 2.22. The Balaban J connectivity index is 1.67. The van der Waals surface area contributed by atoms with Crippen LogP contribution in [0.5, 0.6) is 5.75 Å². The number of fused-ring (bicyclic) bond motifs is 1. The van der Waals surface area contributed by atoms with E-state index in [1.165, 1.54) is 6.07 Å². The Hall–Kier alpha value is -3.06. The zero-order valence-corrected chi connectivity index (χ0v) is 16.9. The molecule has 4 rings (SSSR count). The van der Waals surface area contributed by atoms with E-state index in [9.17, 15) is 9.59 Å². The van der Waals surface area contributed by atoms with Crippen LogP contribution in [0.1, 0.15) is 23.8 Å². The summed E-state index contributed by atoms with van der Waals surface area (Å²) in [5.74, 6) is 0.741. The van der Waals surface area contributed by atoms with Gasteiger partial charge in [-0.3, -0.25) is 14.2 Å². The largest absolute Gasteiger partial charge is 0.494 e. The summed E-state index contributed by atoms with van der Waals surface area (Å²) in [4.78, 5) is 32.8. The summed E-state index contributed by atoms with van der Waals surface area (Å²) in [6, 6.07) is 12.5. The van der Waals surface area contributed by atoms with Gasteiger partial charge in [0.25, 0.3) is 11.5 Å². The summed E-state index contributed by atoms with van der Waals surface area (Å²) < 4.78 is 7.22. The van der Waals surface area contributed by atoms with Gasteiger partial charge in [-0.25, -0.2) is 0 Å². The molecule has 3 aromatic rings. The van der Waals surface area contributed by atoms with Gasteiger partial charge in [0.1, 0.15) is 17.1 Å². The molecule has 0 aliphatic carbocycles. The number of hydrogen-bond donors (Lipinski definition) is 1. The molecule has 1 aromatic carbocycles. The first-order valence-electron chi connectivity index (χ1n) is 10.0. The van der Waals surface area contributed by atoms with E-state index >= 15 is 0 Å². The maximum Gasteiger partial charge on any atom is 0.270 e. The lowest BCUT2D eigenvalue weighted by molar-refractivity contribution is 0.0659. The summed E-state index contributed by atoms with van der Waals surface area (Å²) in [6.07, 6.45) is 0.938. The van der Waals surface area contributed by atoms with Gasteiger partial charge in [-0.05, 0) is 49.9 Å². The fourth-order valence-corrected chi connectivity index (χ4v) is 3.58. The SMILES string of the molecule is CCCOc1ccc(-n2c(=O)ccc3cc(C(=O)N4CCN(C)CC4)[nH]c32)cc1. The summed E-state index contributed by atoms with van der Waals surface area (Å²) in [5, 5.41) is 0.827. The molecule has 0 atom stereocenters. The third-order valence-corrected chi connectivity index (χ3v) is 5.26. The minimum atomic E-state index is -0.153. The quantitative estimate of drug-likeness (QED) is 0.722. The van der Waals surface area contributed by atoms with Crippen LogP contribution in [0.15, 0.2) is 47.3 Å². The Labute approximate surface area is 169 Å². The number of pyridine rings is 1. The van der Waals surface area contributed by atoms with Gasteiger partial charge in [-0.15, -0.1) is 0 Å². The molecular formula is C22H26N4O3. The summed E-state index contributed by atoms with van der Waals surface area (Å²) in [5.41, 5.74) is 1.70. The number of likely N-dealkylation sites (N-methyl/N-ethyl adjacent to an activating group) is 1. The maximum absolute atomic E-state index is 12.9. The third kappa shape index (κ3) is 3.91. The van der Waals surface area contributed by atoms with Gasteiger partial charge < -0.3 is 19.5 Å². The summed E-state index contributed by atoms with van der Waals surface area (Å²) in [7, 11) is 2.06. The highest BCUT2D eigenvalue weighted by molar-refractivity contribution is 5.97. The van der Waals surface area contributed by atoms with Crippen molar-refractivity contribution in [3.63, 3.8) is 0 Å². The second kappa shape index (κ2) is 8.13. The fourth-order valence-electron chi connectivity index (χ4n) is 3.58. The molecule has 1 saturated heterocycles. The molecule has 0 spiro atoms. The van der Waals surface area contributed by atoms with Gasteiger partial charge >= 0.3 is 0 Å². The van der Waals surface area contributed by atoms with E-state index in [2.05, 4.69) is 23.9 Å². The van der Waals surface area contributed by atoms with Crippen molar-refractivity contribution in [1.82, 2.24) is 19.4 Å². The fraction of sp³-hybridized carbons (Fsp3) is 0.364. The van der Waals surface area contributed by atoms with Gasteiger partial charge in [0, 0.05) is 37.6 Å². The molecule has 0 radical (unpaired) electrons. The van der Waals surface area contributed by atoms with Crippen LogP contribution in [0, 0.1) is 0 Å². The number of carbonyl (C=O) groups excluding carboxylic acids is 1. The van der Waals surface area contributed by atoms with Crippen molar-refractivity contribution in [2.75, 3.05) is 39.8 Å². The smallest absolute Gasteiger partial charge is 0.270 e. The van der Waals surface area contributed by atoms with E-state index in [0.29, 0.717) is 31.0 Å². The summed E-state index contributed by atoms with van der Waals surface area (Å²) >= 11 is 0. The van der Waals surface area contributed by atoms with Crippen LogP contribution in [0.25, 0.3) is 16.7 Å². The van der Waals surface area contributed by atoms with Gasteiger partial charge in [0.05, 0.1) is 12.3 Å². The van der Waals surface area contributed by atoms with E-state index in [-0.39, 0.29) is 11.5 Å². The van der Waals surface area contributed by atoms with Crippen LogP contribution in [0.3, 0.4) is 0 Å². The van der Waals surface area contributed by atoms with E-state index in [1.807, 2.05) is 35.2 Å². The zero-order valence-electron chi connectivity index (χ0n) is 16.9. The molecule has 1 amide bonds. The van der Waals surface area contributed by atoms with Crippen molar-refractivity contribution in [3.8, 4) is 11.4 Å². The normalized spacial score (nSPS) is 15.0. The van der Waals surface area contributed by atoms with Crippen LogP contribution < -0.4 is 10.3 Å². The number of hydrogen-bond acceptors (Lipinski definition) is 4. The molecule has 3 heterocycles. The molecule has 0 unspecified atom stereocenters. The Morgan fingerprint density at radius 2 is 1.79 bits per heavy atom.